The Kier molecular flexibility index (Phi) is 4.32. The van der Waals surface area contributed by atoms with E-state index in [0.29, 0.717) is 28.8 Å². The average molecular weight is 373 g/mol. The minimum atomic E-state index is 0.390. The number of aromatic nitrogens is 2. The molecular formula is C21H32N4O2. The molecule has 0 radical (unpaired) electrons. The Labute approximate surface area is 161 Å². The lowest BCUT2D eigenvalue weighted by Crippen LogP contribution is -2.24. The Morgan fingerprint density at radius 3 is 2.00 bits per heavy atom. The van der Waals surface area contributed by atoms with Crippen LogP contribution in [0.15, 0.2) is 6.07 Å². The highest BCUT2D eigenvalue weighted by Gasteiger charge is 2.55. The van der Waals surface area contributed by atoms with Gasteiger partial charge >= 0.3 is 0 Å². The van der Waals surface area contributed by atoms with Crippen molar-refractivity contribution in [1.82, 2.24) is 9.97 Å². The zero-order chi connectivity index (χ0) is 18.5. The molecule has 148 valence electrons. The normalized spacial score (nSPS) is 30.5. The van der Waals surface area contributed by atoms with E-state index in [1.54, 1.807) is 0 Å². The lowest BCUT2D eigenvalue weighted by molar-refractivity contribution is 0.0566. The molecular weight excluding hydrogens is 340 g/mol. The number of anilines is 2. The summed E-state index contributed by atoms with van der Waals surface area (Å²) in [5.74, 6) is 2.16. The fourth-order valence-electron chi connectivity index (χ4n) is 5.00. The molecule has 2 atom stereocenters. The van der Waals surface area contributed by atoms with E-state index in [0.717, 1.165) is 56.7 Å². The maximum Gasteiger partial charge on any atom is 0.225 e. The predicted octanol–water partition coefficient (Wildman–Crippen LogP) is 3.56. The Balaban J connectivity index is 1.29. The van der Waals surface area contributed by atoms with Crippen molar-refractivity contribution in [1.29, 1.82) is 0 Å². The van der Waals surface area contributed by atoms with Gasteiger partial charge in [-0.2, -0.15) is 4.98 Å². The molecule has 2 saturated carbocycles. The quantitative estimate of drug-likeness (QED) is 0.824. The van der Waals surface area contributed by atoms with Gasteiger partial charge in [-0.05, 0) is 55.3 Å². The Morgan fingerprint density at radius 2 is 1.44 bits per heavy atom. The number of hydrogen-bond donors (Lipinski definition) is 2. The number of nitrogens with zero attached hydrogens (tertiary/aromatic N) is 2. The van der Waals surface area contributed by atoms with Crippen molar-refractivity contribution in [3.8, 4) is 0 Å². The first kappa shape index (κ1) is 17.7. The monoisotopic (exact) mass is 372 g/mol. The van der Waals surface area contributed by atoms with Crippen molar-refractivity contribution >= 4 is 11.8 Å². The van der Waals surface area contributed by atoms with Crippen molar-refractivity contribution in [3.63, 3.8) is 0 Å². The molecule has 2 aliphatic carbocycles. The lowest BCUT2D eigenvalue weighted by Gasteiger charge is -2.24. The van der Waals surface area contributed by atoms with Crippen LogP contribution < -0.4 is 10.6 Å². The number of hydrogen-bond acceptors (Lipinski definition) is 6. The van der Waals surface area contributed by atoms with Gasteiger partial charge in [0.05, 0.1) is 5.69 Å². The van der Waals surface area contributed by atoms with Crippen LogP contribution in [0.4, 0.5) is 11.8 Å². The van der Waals surface area contributed by atoms with Crippen LogP contribution >= 0.6 is 0 Å². The van der Waals surface area contributed by atoms with Gasteiger partial charge in [0.25, 0.3) is 0 Å². The molecule has 5 rings (SSSR count). The van der Waals surface area contributed by atoms with E-state index < -0.39 is 0 Å². The summed E-state index contributed by atoms with van der Waals surface area (Å²) in [5.41, 5.74) is 1.97. The molecule has 1 aromatic rings. The summed E-state index contributed by atoms with van der Waals surface area (Å²) in [7, 11) is 0. The average Bonchev–Trinajstić information content (AvgIpc) is 3.53. The molecule has 2 N–H and O–H groups in total. The Bertz CT molecular complexity index is 643. The molecule has 4 aliphatic rings. The van der Waals surface area contributed by atoms with Gasteiger partial charge in [0.2, 0.25) is 5.95 Å². The third-order valence-electron chi connectivity index (χ3n) is 7.32. The number of rotatable bonds is 5. The highest BCUT2D eigenvalue weighted by atomic mass is 16.5. The largest absolute Gasteiger partial charge is 0.381 e. The van der Waals surface area contributed by atoms with E-state index >= 15 is 0 Å². The van der Waals surface area contributed by atoms with Gasteiger partial charge in [0.15, 0.2) is 0 Å². The Hall–Kier alpha value is -1.40. The number of nitrogens with one attached hydrogen (secondary N) is 2. The zero-order valence-corrected chi connectivity index (χ0v) is 16.6. The van der Waals surface area contributed by atoms with Gasteiger partial charge in [-0.1, -0.05) is 13.8 Å². The smallest absolute Gasteiger partial charge is 0.225 e. The van der Waals surface area contributed by atoms with Crippen molar-refractivity contribution in [2.45, 2.75) is 70.4 Å². The second kappa shape index (κ2) is 6.59. The Morgan fingerprint density at radius 1 is 0.889 bits per heavy atom. The summed E-state index contributed by atoms with van der Waals surface area (Å²) >= 11 is 0. The van der Waals surface area contributed by atoms with E-state index in [-0.39, 0.29) is 0 Å². The highest BCUT2D eigenvalue weighted by Crippen LogP contribution is 2.55. The van der Waals surface area contributed by atoms with Crippen LogP contribution in [0, 0.1) is 10.8 Å². The molecule has 6 nitrogen and oxygen atoms in total. The van der Waals surface area contributed by atoms with E-state index in [1.807, 2.05) is 0 Å². The van der Waals surface area contributed by atoms with Crippen LogP contribution in [0.3, 0.4) is 0 Å². The van der Waals surface area contributed by atoms with Crippen molar-refractivity contribution in [2.75, 3.05) is 37.1 Å². The molecule has 0 amide bonds. The third kappa shape index (κ3) is 3.42. The summed E-state index contributed by atoms with van der Waals surface area (Å²) in [6.07, 6.45) is 7.12. The van der Waals surface area contributed by atoms with Gasteiger partial charge in [0, 0.05) is 44.6 Å². The van der Waals surface area contributed by atoms with E-state index in [2.05, 4.69) is 30.5 Å². The summed E-state index contributed by atoms with van der Waals surface area (Å²) in [6.45, 7) is 7.99. The maximum absolute atomic E-state index is 5.55. The molecule has 2 aliphatic heterocycles. The van der Waals surface area contributed by atoms with Gasteiger partial charge in [0.1, 0.15) is 5.82 Å². The molecule has 2 spiro atoms. The van der Waals surface area contributed by atoms with Crippen LogP contribution in [0.25, 0.3) is 0 Å². The van der Waals surface area contributed by atoms with E-state index in [1.165, 1.54) is 25.7 Å². The summed E-state index contributed by atoms with van der Waals surface area (Å²) < 4.78 is 11.1. The van der Waals surface area contributed by atoms with Gasteiger partial charge in [-0.25, -0.2) is 4.98 Å². The van der Waals surface area contributed by atoms with Crippen LogP contribution in [-0.4, -0.2) is 48.5 Å². The second-order valence-electron chi connectivity index (χ2n) is 9.41. The summed E-state index contributed by atoms with van der Waals surface area (Å²) in [4.78, 5) is 9.65. The molecule has 0 bridgehead atoms. The minimum Gasteiger partial charge on any atom is -0.381 e. The maximum atomic E-state index is 5.55. The van der Waals surface area contributed by atoms with E-state index in [9.17, 15) is 0 Å². The fourth-order valence-corrected chi connectivity index (χ4v) is 5.00. The first-order chi connectivity index (χ1) is 13.1. The van der Waals surface area contributed by atoms with Crippen LogP contribution in [-0.2, 0) is 9.47 Å². The predicted molar refractivity (Wildman–Crippen MR) is 105 cm³/mol. The highest BCUT2D eigenvalue weighted by molar-refractivity contribution is 5.47. The first-order valence-electron chi connectivity index (χ1n) is 10.7. The van der Waals surface area contributed by atoms with Crippen LogP contribution in [0.5, 0.6) is 0 Å². The molecule has 1 aromatic heterocycles. The lowest BCUT2D eigenvalue weighted by atomic mass is 9.96. The summed E-state index contributed by atoms with van der Waals surface area (Å²) in [6, 6.07) is 3.17. The van der Waals surface area contributed by atoms with Crippen LogP contribution in [0.2, 0.25) is 0 Å². The topological polar surface area (TPSA) is 68.3 Å². The SMILES string of the molecule is CC(C)c1cc(NC2CC23CCOCC3)nc(NC2CC23CCOCC3)n1. The third-order valence-corrected chi connectivity index (χ3v) is 7.32. The van der Waals surface area contributed by atoms with Crippen molar-refractivity contribution in [3.05, 3.63) is 11.8 Å². The molecule has 0 aromatic carbocycles. The van der Waals surface area contributed by atoms with Crippen molar-refractivity contribution in [2.24, 2.45) is 10.8 Å². The molecule has 2 unspecified atom stereocenters. The van der Waals surface area contributed by atoms with Crippen LogP contribution in [0.1, 0.15) is 64.0 Å². The van der Waals surface area contributed by atoms with Gasteiger partial charge < -0.3 is 20.1 Å². The molecule has 2 saturated heterocycles. The molecule has 6 heteroatoms. The van der Waals surface area contributed by atoms with Gasteiger partial charge in [-0.3, -0.25) is 0 Å². The second-order valence-corrected chi connectivity index (χ2v) is 9.41. The minimum absolute atomic E-state index is 0.390. The van der Waals surface area contributed by atoms with Crippen molar-refractivity contribution < 1.29 is 9.47 Å². The zero-order valence-electron chi connectivity index (χ0n) is 16.6. The van der Waals surface area contributed by atoms with Gasteiger partial charge in [-0.15, -0.1) is 0 Å². The number of ether oxygens (including phenoxy) is 2. The van der Waals surface area contributed by atoms with E-state index in [4.69, 9.17) is 19.4 Å². The molecule has 3 heterocycles. The standard InChI is InChI=1S/C21H32N4O2/c1-14(2)15-11-18(23-16-12-20(16)3-7-26-8-4-20)25-19(22-15)24-17-13-21(17)5-9-27-10-6-21/h11,14,16-17H,3-10,12-13H2,1-2H3,(H2,22,23,24,25). The fraction of sp³-hybridized carbons (Fsp3) is 0.810. The summed E-state index contributed by atoms with van der Waals surface area (Å²) in [5, 5.41) is 7.35. The molecule has 27 heavy (non-hydrogen) atoms. The molecule has 4 fully saturated rings. The first-order valence-corrected chi connectivity index (χ1v) is 10.7.